The molecule has 0 saturated heterocycles. The molecule has 3 rings (SSSR count). The maximum absolute atomic E-state index is 12.5. The van der Waals surface area contributed by atoms with Gasteiger partial charge in [0.05, 0.1) is 9.79 Å². The Balaban J connectivity index is 1.60. The molecule has 0 aromatic heterocycles. The standard InChI is InChI=1S/C19H22N2O3S2/c22-19(14-6-2-1-3-7-14)20-15-10-12-16(13-11-15)21-26(24)18-9-5-4-8-17(18)25-23/h4-5,8-14,21,23H,1-3,6-7H2,(H,20,22). The predicted molar refractivity (Wildman–Crippen MR) is 107 cm³/mol. The Hall–Kier alpha value is -1.83. The van der Waals surface area contributed by atoms with Gasteiger partial charge in [0.25, 0.3) is 0 Å². The van der Waals surface area contributed by atoms with Crippen LogP contribution in [0.3, 0.4) is 0 Å². The molecule has 1 unspecified atom stereocenters. The average Bonchev–Trinajstić information content (AvgIpc) is 2.70. The highest BCUT2D eigenvalue weighted by atomic mass is 32.2. The van der Waals surface area contributed by atoms with Crippen LogP contribution in [0.25, 0.3) is 0 Å². The Morgan fingerprint density at radius 2 is 1.65 bits per heavy atom. The van der Waals surface area contributed by atoms with Crippen LogP contribution >= 0.6 is 12.0 Å². The molecule has 1 amide bonds. The fraction of sp³-hybridized carbons (Fsp3) is 0.316. The van der Waals surface area contributed by atoms with Gasteiger partial charge in [0.2, 0.25) is 5.91 Å². The molecule has 2 aromatic rings. The van der Waals surface area contributed by atoms with Gasteiger partial charge in [-0.2, -0.15) is 0 Å². The molecule has 3 N–H and O–H groups in total. The normalized spacial score (nSPS) is 16.0. The van der Waals surface area contributed by atoms with Gasteiger partial charge >= 0.3 is 0 Å². The van der Waals surface area contributed by atoms with Crippen molar-refractivity contribution in [3.63, 3.8) is 0 Å². The molecule has 0 bridgehead atoms. The van der Waals surface area contributed by atoms with Crippen LogP contribution in [0.5, 0.6) is 0 Å². The van der Waals surface area contributed by atoms with E-state index in [1.807, 2.05) is 0 Å². The van der Waals surface area contributed by atoms with Crippen molar-refractivity contribution in [3.8, 4) is 0 Å². The molecule has 5 nitrogen and oxygen atoms in total. The van der Waals surface area contributed by atoms with E-state index in [4.69, 9.17) is 0 Å². The van der Waals surface area contributed by atoms with E-state index < -0.39 is 11.0 Å². The summed E-state index contributed by atoms with van der Waals surface area (Å²) in [6, 6.07) is 14.1. The second-order valence-corrected chi connectivity index (χ2v) is 8.11. The Morgan fingerprint density at radius 3 is 2.35 bits per heavy atom. The highest BCUT2D eigenvalue weighted by Crippen LogP contribution is 2.26. The lowest BCUT2D eigenvalue weighted by molar-refractivity contribution is -0.120. The van der Waals surface area contributed by atoms with E-state index >= 15 is 0 Å². The lowest BCUT2D eigenvalue weighted by Crippen LogP contribution is -2.24. The summed E-state index contributed by atoms with van der Waals surface area (Å²) < 4.78 is 24.7. The van der Waals surface area contributed by atoms with Gasteiger partial charge in [-0.25, -0.2) is 4.21 Å². The van der Waals surface area contributed by atoms with Crippen LogP contribution in [0.15, 0.2) is 58.3 Å². The first-order chi connectivity index (χ1) is 12.7. The van der Waals surface area contributed by atoms with Crippen molar-refractivity contribution in [1.29, 1.82) is 0 Å². The summed E-state index contributed by atoms with van der Waals surface area (Å²) in [5.74, 6) is 0.199. The number of anilines is 2. The molecule has 1 aliphatic carbocycles. The van der Waals surface area contributed by atoms with Crippen LogP contribution in [0.4, 0.5) is 11.4 Å². The zero-order chi connectivity index (χ0) is 18.4. The Bertz CT molecular complexity index is 775. The number of rotatable bonds is 6. The van der Waals surface area contributed by atoms with E-state index in [1.54, 1.807) is 48.5 Å². The molecule has 1 fully saturated rings. The highest BCUT2D eigenvalue weighted by molar-refractivity contribution is 7.94. The van der Waals surface area contributed by atoms with E-state index in [-0.39, 0.29) is 11.8 Å². The fourth-order valence-corrected chi connectivity index (χ4v) is 4.62. The molecule has 0 aliphatic heterocycles. The summed E-state index contributed by atoms with van der Waals surface area (Å²) >= 11 is 0.577. The van der Waals surface area contributed by atoms with Gasteiger partial charge in [-0.15, -0.1) is 0 Å². The average molecular weight is 391 g/mol. The van der Waals surface area contributed by atoms with E-state index in [2.05, 4.69) is 10.0 Å². The quantitative estimate of drug-likeness (QED) is 0.613. The van der Waals surface area contributed by atoms with Gasteiger partial charge < -0.3 is 14.6 Å². The van der Waals surface area contributed by atoms with E-state index in [0.29, 0.717) is 27.5 Å². The molecule has 1 atom stereocenters. The van der Waals surface area contributed by atoms with Crippen LogP contribution in [0.1, 0.15) is 32.1 Å². The van der Waals surface area contributed by atoms with E-state index in [9.17, 15) is 13.6 Å². The summed E-state index contributed by atoms with van der Waals surface area (Å²) in [6.07, 6.45) is 5.40. The third-order valence-corrected chi connectivity index (χ3v) is 6.34. The SMILES string of the molecule is O=C(Nc1ccc(NS(=O)c2ccccc2SO)cc1)C1CCCCC1. The summed E-state index contributed by atoms with van der Waals surface area (Å²) in [5, 5.41) is 2.96. The molecule has 1 saturated carbocycles. The molecule has 1 aliphatic rings. The summed E-state index contributed by atoms with van der Waals surface area (Å²) in [7, 11) is -1.49. The minimum atomic E-state index is -1.49. The summed E-state index contributed by atoms with van der Waals surface area (Å²) in [4.78, 5) is 13.4. The van der Waals surface area contributed by atoms with Crippen molar-refractivity contribution >= 4 is 40.3 Å². The van der Waals surface area contributed by atoms with Crippen molar-refractivity contribution in [2.24, 2.45) is 5.92 Å². The van der Waals surface area contributed by atoms with Crippen LogP contribution in [0, 0.1) is 5.92 Å². The third-order valence-electron chi connectivity index (χ3n) is 4.49. The largest absolute Gasteiger partial charge is 0.326 e. The number of hydrogen-bond acceptors (Lipinski definition) is 4. The van der Waals surface area contributed by atoms with Gasteiger partial charge in [-0.3, -0.25) is 4.79 Å². The Morgan fingerprint density at radius 1 is 1.00 bits per heavy atom. The molecule has 0 spiro atoms. The lowest BCUT2D eigenvalue weighted by atomic mass is 9.88. The van der Waals surface area contributed by atoms with Crippen LogP contribution in [-0.2, 0) is 15.8 Å². The van der Waals surface area contributed by atoms with Crippen molar-refractivity contribution in [3.05, 3.63) is 48.5 Å². The van der Waals surface area contributed by atoms with Crippen molar-refractivity contribution in [2.45, 2.75) is 41.9 Å². The first-order valence-corrected chi connectivity index (χ1v) is 10.6. The molecule has 26 heavy (non-hydrogen) atoms. The number of hydrogen-bond donors (Lipinski definition) is 3. The lowest BCUT2D eigenvalue weighted by Gasteiger charge is -2.20. The second-order valence-electron chi connectivity index (χ2n) is 6.31. The molecule has 7 heteroatoms. The van der Waals surface area contributed by atoms with E-state index in [1.165, 1.54) is 6.42 Å². The molecular weight excluding hydrogens is 368 g/mol. The summed E-state index contributed by atoms with van der Waals surface area (Å²) in [6.45, 7) is 0. The van der Waals surface area contributed by atoms with Crippen molar-refractivity contribution in [2.75, 3.05) is 10.0 Å². The topological polar surface area (TPSA) is 78.4 Å². The number of nitrogens with one attached hydrogen (secondary N) is 2. The molecule has 0 radical (unpaired) electrons. The monoisotopic (exact) mass is 390 g/mol. The minimum absolute atomic E-state index is 0.0860. The Kier molecular flexibility index (Phi) is 6.71. The number of benzene rings is 2. The van der Waals surface area contributed by atoms with Gasteiger partial charge in [0, 0.05) is 29.3 Å². The number of carbonyl (C=O) groups excluding carboxylic acids is 1. The fourth-order valence-electron chi connectivity index (χ4n) is 3.07. The van der Waals surface area contributed by atoms with Gasteiger partial charge in [-0.1, -0.05) is 31.4 Å². The smallest absolute Gasteiger partial charge is 0.227 e. The highest BCUT2D eigenvalue weighted by Gasteiger charge is 2.21. The van der Waals surface area contributed by atoms with Gasteiger partial charge in [0.15, 0.2) is 11.0 Å². The van der Waals surface area contributed by atoms with Crippen LogP contribution in [-0.4, -0.2) is 14.7 Å². The maximum atomic E-state index is 12.5. The number of amides is 1. The van der Waals surface area contributed by atoms with Crippen LogP contribution < -0.4 is 10.0 Å². The molecular formula is C19H22N2O3S2. The van der Waals surface area contributed by atoms with Gasteiger partial charge in [-0.05, 0) is 49.2 Å². The third kappa shape index (κ3) is 4.87. The Labute approximate surface area is 160 Å². The van der Waals surface area contributed by atoms with Crippen molar-refractivity contribution in [1.82, 2.24) is 0 Å². The molecule has 138 valence electrons. The first kappa shape index (κ1) is 18.9. The zero-order valence-electron chi connectivity index (χ0n) is 14.3. The first-order valence-electron chi connectivity index (χ1n) is 8.67. The zero-order valence-corrected chi connectivity index (χ0v) is 15.9. The van der Waals surface area contributed by atoms with Gasteiger partial charge in [0.1, 0.15) is 0 Å². The molecule has 2 aromatic carbocycles. The van der Waals surface area contributed by atoms with Crippen molar-refractivity contribution < 1.29 is 13.6 Å². The maximum Gasteiger partial charge on any atom is 0.227 e. The van der Waals surface area contributed by atoms with E-state index in [0.717, 1.165) is 31.4 Å². The summed E-state index contributed by atoms with van der Waals surface area (Å²) in [5.41, 5.74) is 1.42. The minimum Gasteiger partial charge on any atom is -0.326 e. The number of carbonyl (C=O) groups is 1. The molecule has 0 heterocycles. The van der Waals surface area contributed by atoms with Crippen LogP contribution in [0.2, 0.25) is 0 Å². The predicted octanol–water partition coefficient (Wildman–Crippen LogP) is 4.91. The second kappa shape index (κ2) is 9.21.